The van der Waals surface area contributed by atoms with Crippen molar-refractivity contribution >= 4 is 17.4 Å². The fraction of sp³-hybridized carbons (Fsp3) is 0.500. The molecule has 1 aromatic rings. The summed E-state index contributed by atoms with van der Waals surface area (Å²) in [7, 11) is 0. The highest BCUT2D eigenvalue weighted by atomic mass is 32.2. The van der Waals surface area contributed by atoms with Crippen LogP contribution in [0.1, 0.15) is 5.56 Å². The largest absolute Gasteiger partial charge is 0.369 e. The van der Waals surface area contributed by atoms with Gasteiger partial charge in [0, 0.05) is 42.5 Å². The van der Waals surface area contributed by atoms with Gasteiger partial charge in [-0.2, -0.15) is 0 Å². The molecule has 2 heterocycles. The average molecular weight is 220 g/mol. The molecule has 2 aliphatic heterocycles. The molecule has 0 saturated carbocycles. The molecule has 3 rings (SSSR count). The second kappa shape index (κ2) is 4.06. The third kappa shape index (κ3) is 1.74. The minimum absolute atomic E-state index is 1.12. The van der Waals surface area contributed by atoms with Gasteiger partial charge in [-0.05, 0) is 24.1 Å². The van der Waals surface area contributed by atoms with Crippen LogP contribution < -0.4 is 10.2 Å². The molecule has 0 radical (unpaired) electrons. The lowest BCUT2D eigenvalue weighted by Gasteiger charge is -2.31. The van der Waals surface area contributed by atoms with Crippen LogP contribution in [0.2, 0.25) is 0 Å². The zero-order valence-electron chi connectivity index (χ0n) is 8.83. The van der Waals surface area contributed by atoms with E-state index in [1.807, 2.05) is 11.8 Å². The Morgan fingerprint density at radius 1 is 1.20 bits per heavy atom. The molecule has 0 bridgehead atoms. The summed E-state index contributed by atoms with van der Waals surface area (Å²) in [4.78, 5) is 4.03. The van der Waals surface area contributed by atoms with Gasteiger partial charge in [0.05, 0.1) is 0 Å². The molecule has 2 aliphatic rings. The van der Waals surface area contributed by atoms with E-state index in [0.29, 0.717) is 0 Å². The molecule has 1 N–H and O–H groups in total. The first-order valence-electron chi connectivity index (χ1n) is 5.65. The zero-order chi connectivity index (χ0) is 10.1. The van der Waals surface area contributed by atoms with Gasteiger partial charge in [0.15, 0.2) is 0 Å². The van der Waals surface area contributed by atoms with Gasteiger partial charge in [0.1, 0.15) is 0 Å². The number of benzene rings is 1. The van der Waals surface area contributed by atoms with Crippen LogP contribution in [0.15, 0.2) is 23.1 Å². The molecule has 1 aromatic carbocycles. The van der Waals surface area contributed by atoms with Crippen LogP contribution in [0.4, 0.5) is 5.69 Å². The van der Waals surface area contributed by atoms with E-state index in [4.69, 9.17) is 0 Å². The lowest BCUT2D eigenvalue weighted by atomic mass is 10.1. The van der Waals surface area contributed by atoms with Crippen LogP contribution in [0.25, 0.3) is 0 Å². The van der Waals surface area contributed by atoms with E-state index in [1.54, 1.807) is 5.56 Å². The number of nitrogens with zero attached hydrogens (tertiary/aromatic N) is 1. The Hall–Kier alpha value is -0.670. The van der Waals surface area contributed by atoms with Crippen molar-refractivity contribution in [3.05, 3.63) is 23.8 Å². The number of rotatable bonds is 1. The van der Waals surface area contributed by atoms with Gasteiger partial charge in [0.2, 0.25) is 0 Å². The molecule has 0 aromatic heterocycles. The first-order chi connectivity index (χ1) is 7.45. The number of thioether (sulfide) groups is 1. The van der Waals surface area contributed by atoms with E-state index in [2.05, 4.69) is 28.4 Å². The lowest BCUT2D eigenvalue weighted by molar-refractivity contribution is 0.587. The topological polar surface area (TPSA) is 15.3 Å². The summed E-state index contributed by atoms with van der Waals surface area (Å²) in [6.45, 7) is 4.55. The van der Waals surface area contributed by atoms with Crippen LogP contribution in [-0.2, 0) is 6.42 Å². The highest BCUT2D eigenvalue weighted by Gasteiger charge is 2.19. The maximum atomic E-state index is 3.41. The Labute approximate surface area is 95.0 Å². The summed E-state index contributed by atoms with van der Waals surface area (Å²) in [5, 5.41) is 3.41. The number of anilines is 1. The number of hydrogen-bond acceptors (Lipinski definition) is 3. The second-order valence-corrected chi connectivity index (χ2v) is 5.23. The molecule has 0 aliphatic carbocycles. The molecule has 0 amide bonds. The molecule has 0 unspecified atom stereocenters. The van der Waals surface area contributed by atoms with Gasteiger partial charge in [-0.25, -0.2) is 0 Å². The number of fused-ring (bicyclic) bond motifs is 1. The van der Waals surface area contributed by atoms with E-state index in [9.17, 15) is 0 Å². The van der Waals surface area contributed by atoms with Gasteiger partial charge in [-0.15, -0.1) is 11.8 Å². The zero-order valence-corrected chi connectivity index (χ0v) is 9.65. The van der Waals surface area contributed by atoms with Gasteiger partial charge in [-0.1, -0.05) is 6.07 Å². The Morgan fingerprint density at radius 3 is 2.93 bits per heavy atom. The highest BCUT2D eigenvalue weighted by molar-refractivity contribution is 7.99. The molecule has 2 nitrogen and oxygen atoms in total. The van der Waals surface area contributed by atoms with E-state index in [-0.39, 0.29) is 0 Å². The van der Waals surface area contributed by atoms with Crippen molar-refractivity contribution < 1.29 is 0 Å². The van der Waals surface area contributed by atoms with Crippen LogP contribution in [0.5, 0.6) is 0 Å². The second-order valence-electron chi connectivity index (χ2n) is 4.09. The first-order valence-corrected chi connectivity index (χ1v) is 6.64. The standard InChI is InChI=1S/C12H16N2S/c1-2-11(14-7-5-13-6-8-14)10-4-9-15-12(10)3-1/h1-3,13H,4-9H2. The highest BCUT2D eigenvalue weighted by Crippen LogP contribution is 2.37. The van der Waals surface area contributed by atoms with Gasteiger partial charge >= 0.3 is 0 Å². The summed E-state index contributed by atoms with van der Waals surface area (Å²) >= 11 is 2.00. The minimum Gasteiger partial charge on any atom is -0.369 e. The van der Waals surface area contributed by atoms with Crippen LogP contribution in [0.3, 0.4) is 0 Å². The predicted molar refractivity (Wildman–Crippen MR) is 66.0 cm³/mol. The SMILES string of the molecule is c1cc2c(c(N3CCNCC3)c1)CCS2. The fourth-order valence-corrected chi connectivity index (χ4v) is 3.49. The average Bonchev–Trinajstić information content (AvgIpc) is 2.78. The molecule has 3 heteroatoms. The lowest BCUT2D eigenvalue weighted by Crippen LogP contribution is -2.43. The van der Waals surface area contributed by atoms with Gasteiger partial charge < -0.3 is 10.2 Å². The Morgan fingerprint density at radius 2 is 2.07 bits per heavy atom. The molecule has 0 spiro atoms. The van der Waals surface area contributed by atoms with E-state index >= 15 is 0 Å². The van der Waals surface area contributed by atoms with Gasteiger partial charge in [0.25, 0.3) is 0 Å². The van der Waals surface area contributed by atoms with E-state index in [1.165, 1.54) is 22.8 Å². The molecule has 0 atom stereocenters. The smallest absolute Gasteiger partial charge is 0.0411 e. The van der Waals surface area contributed by atoms with Crippen LogP contribution in [0, 0.1) is 0 Å². The third-order valence-corrected chi connectivity index (χ3v) is 4.28. The maximum Gasteiger partial charge on any atom is 0.0411 e. The number of piperazine rings is 1. The monoisotopic (exact) mass is 220 g/mol. The number of hydrogen-bond donors (Lipinski definition) is 1. The van der Waals surface area contributed by atoms with Crippen molar-refractivity contribution in [2.24, 2.45) is 0 Å². The Balaban J connectivity index is 1.93. The minimum atomic E-state index is 1.12. The Kier molecular flexibility index (Phi) is 2.59. The summed E-state index contributed by atoms with van der Waals surface area (Å²) in [5.41, 5.74) is 3.07. The summed E-state index contributed by atoms with van der Waals surface area (Å²) in [6, 6.07) is 6.75. The van der Waals surface area contributed by atoms with E-state index < -0.39 is 0 Å². The van der Waals surface area contributed by atoms with E-state index in [0.717, 1.165) is 26.2 Å². The summed E-state index contributed by atoms with van der Waals surface area (Å²) in [6.07, 6.45) is 1.25. The summed E-state index contributed by atoms with van der Waals surface area (Å²) < 4.78 is 0. The number of nitrogens with one attached hydrogen (secondary N) is 1. The fourth-order valence-electron chi connectivity index (χ4n) is 2.41. The van der Waals surface area contributed by atoms with Crippen LogP contribution in [-0.4, -0.2) is 31.9 Å². The molecule has 1 saturated heterocycles. The first kappa shape index (κ1) is 9.55. The third-order valence-electron chi connectivity index (χ3n) is 3.18. The quantitative estimate of drug-likeness (QED) is 0.776. The normalized spacial score (nSPS) is 20.4. The summed E-state index contributed by atoms with van der Waals surface area (Å²) in [5.74, 6) is 1.26. The molecular weight excluding hydrogens is 204 g/mol. The van der Waals surface area contributed by atoms with Crippen molar-refractivity contribution in [2.45, 2.75) is 11.3 Å². The van der Waals surface area contributed by atoms with Crippen molar-refractivity contribution in [3.63, 3.8) is 0 Å². The molecular formula is C12H16N2S. The van der Waals surface area contributed by atoms with Gasteiger partial charge in [-0.3, -0.25) is 0 Å². The Bertz CT molecular complexity index is 359. The van der Waals surface area contributed by atoms with Crippen molar-refractivity contribution in [3.8, 4) is 0 Å². The van der Waals surface area contributed by atoms with Crippen molar-refractivity contribution in [1.82, 2.24) is 5.32 Å². The molecule has 1 fully saturated rings. The van der Waals surface area contributed by atoms with Crippen molar-refractivity contribution in [1.29, 1.82) is 0 Å². The van der Waals surface area contributed by atoms with Crippen molar-refractivity contribution in [2.75, 3.05) is 36.8 Å². The molecule has 80 valence electrons. The maximum absolute atomic E-state index is 3.41. The predicted octanol–water partition coefficient (Wildman–Crippen LogP) is 1.74. The van der Waals surface area contributed by atoms with Crippen LogP contribution >= 0.6 is 11.8 Å². The molecule has 15 heavy (non-hydrogen) atoms.